The van der Waals surface area contributed by atoms with Crippen LogP contribution in [0.5, 0.6) is 0 Å². The number of rotatable bonds is 25. The molecule has 0 spiro atoms. The van der Waals surface area contributed by atoms with Crippen molar-refractivity contribution in [1.82, 2.24) is 15.1 Å². The van der Waals surface area contributed by atoms with Crippen LogP contribution in [0.15, 0.2) is 26.2 Å². The van der Waals surface area contributed by atoms with Gasteiger partial charge in [-0.05, 0) is 71.1 Å². The number of nitrogens with one attached hydrogen (secondary N) is 1. The number of allylic oxidation sites excluding steroid dienone is 1. The minimum atomic E-state index is -0.278. The minimum Gasteiger partial charge on any atom is -0.465 e. The summed E-state index contributed by atoms with van der Waals surface area (Å²) >= 11 is 0. The Bertz CT molecular complexity index is 1360. The highest BCUT2D eigenvalue weighted by Gasteiger charge is 2.51. The molecule has 55 heavy (non-hydrogen) atoms. The van der Waals surface area contributed by atoms with Gasteiger partial charge in [0, 0.05) is 36.9 Å². The molecule has 0 aromatic heterocycles. The maximum Gasteiger partial charge on any atom is 0.337 e. The maximum absolute atomic E-state index is 13.4. The molecule has 0 saturated carbocycles. The number of hydrogen-bond donors (Lipinski definition) is 4. The van der Waals surface area contributed by atoms with Gasteiger partial charge in [-0.3, -0.25) is 9.79 Å². The molecule has 0 bridgehead atoms. The van der Waals surface area contributed by atoms with E-state index in [-0.39, 0.29) is 41.9 Å². The molecule has 3 fully saturated rings. The molecule has 5 heterocycles. The van der Waals surface area contributed by atoms with E-state index < -0.39 is 0 Å². The van der Waals surface area contributed by atoms with E-state index in [1.807, 2.05) is 4.90 Å². The fourth-order valence-electron chi connectivity index (χ4n) is 9.47. The quantitative estimate of drug-likeness (QED) is 0.0372. The van der Waals surface area contributed by atoms with Gasteiger partial charge in [-0.1, -0.05) is 90.4 Å². The number of carbonyl (C=O) groups excluding carboxylic acids is 2. The summed E-state index contributed by atoms with van der Waals surface area (Å²) in [5, 5.41) is 3.77. The number of guanidine groups is 3. The SMILES string of the molecule is CCCCCCCCC[C@H]1CC2CCC3C(C(=O)OCCCCCCCCCC4N=C(N)N5CCCC5=C4C(=O)OCCCCN=C(N)N)[C@@H](C)N=C(N1)N23. The second-order valence-corrected chi connectivity index (χ2v) is 16.6. The smallest absolute Gasteiger partial charge is 0.337 e. The topological polar surface area (TPSA) is 186 Å². The first-order valence-corrected chi connectivity index (χ1v) is 22.1. The van der Waals surface area contributed by atoms with Crippen molar-refractivity contribution in [2.75, 3.05) is 26.3 Å². The van der Waals surface area contributed by atoms with Crippen LogP contribution in [0.25, 0.3) is 0 Å². The van der Waals surface area contributed by atoms with Gasteiger partial charge in [0.15, 0.2) is 17.9 Å². The molecule has 0 aliphatic carbocycles. The fraction of sp³-hybridized carbons (Fsp3) is 0.833. The molecule has 13 heteroatoms. The van der Waals surface area contributed by atoms with Crippen molar-refractivity contribution in [3.8, 4) is 0 Å². The second kappa shape index (κ2) is 22.3. The lowest BCUT2D eigenvalue weighted by atomic mass is 9.89. The molecule has 310 valence electrons. The number of fused-ring (bicyclic) bond motifs is 1. The van der Waals surface area contributed by atoms with Gasteiger partial charge < -0.3 is 41.8 Å². The van der Waals surface area contributed by atoms with Gasteiger partial charge in [0.1, 0.15) is 0 Å². The predicted octanol–water partition coefficient (Wildman–Crippen LogP) is 6.00. The number of hydrogen-bond acceptors (Lipinski definition) is 11. The Morgan fingerprint density at radius 3 is 2.27 bits per heavy atom. The molecule has 0 amide bonds. The van der Waals surface area contributed by atoms with Crippen molar-refractivity contribution in [2.24, 2.45) is 38.1 Å². The number of esters is 2. The number of ether oxygens (including phenoxy) is 2. The zero-order valence-corrected chi connectivity index (χ0v) is 34.2. The zero-order chi connectivity index (χ0) is 39.0. The Hall–Kier alpha value is -3.51. The first-order chi connectivity index (χ1) is 26.8. The number of aliphatic imine (C=N–C) groups is 3. The molecule has 0 aromatic rings. The highest BCUT2D eigenvalue weighted by atomic mass is 16.5. The van der Waals surface area contributed by atoms with Crippen molar-refractivity contribution in [2.45, 2.75) is 192 Å². The lowest BCUT2D eigenvalue weighted by Gasteiger charge is -2.46. The summed E-state index contributed by atoms with van der Waals surface area (Å²) in [6.45, 7) is 6.48. The largest absolute Gasteiger partial charge is 0.465 e. The number of unbranched alkanes of at least 4 members (excludes halogenated alkanes) is 13. The molecule has 0 radical (unpaired) electrons. The van der Waals surface area contributed by atoms with Gasteiger partial charge in [-0.2, -0.15) is 0 Å². The van der Waals surface area contributed by atoms with E-state index in [4.69, 9.17) is 36.7 Å². The molecule has 6 atom stereocenters. The standard InChI is InChI=1S/C42H73N9O4/c1-3-4-5-6-8-11-14-20-31-29-32-23-24-35-36(30(2)47-42(48-31)51(32)35)38(52)54-27-17-13-10-7-9-12-15-21-33-37(34-22-19-26-50(34)41(45)49-33)39(53)55-28-18-16-25-46-40(43)44/h30-33,35-36H,3-29H2,1-2H3,(H2,45,49)(H,47,48)(H4,43,44,46)/t30-,31+,32?,33?,35?,36?/m1/s1. The Kier molecular flexibility index (Phi) is 17.3. The summed E-state index contributed by atoms with van der Waals surface area (Å²) < 4.78 is 11.6. The third-order valence-electron chi connectivity index (χ3n) is 12.4. The molecule has 5 aliphatic heterocycles. The van der Waals surface area contributed by atoms with E-state index in [0.717, 1.165) is 108 Å². The van der Waals surface area contributed by atoms with Gasteiger partial charge >= 0.3 is 11.9 Å². The van der Waals surface area contributed by atoms with E-state index in [1.54, 1.807) is 0 Å². The average Bonchev–Trinajstić information content (AvgIpc) is 3.82. The van der Waals surface area contributed by atoms with Crippen LogP contribution in [0.3, 0.4) is 0 Å². The van der Waals surface area contributed by atoms with Crippen LogP contribution in [0.4, 0.5) is 0 Å². The third kappa shape index (κ3) is 12.2. The summed E-state index contributed by atoms with van der Waals surface area (Å²) in [7, 11) is 0. The van der Waals surface area contributed by atoms with Crippen molar-refractivity contribution in [3.63, 3.8) is 0 Å². The van der Waals surface area contributed by atoms with Crippen LogP contribution in [-0.2, 0) is 19.1 Å². The van der Waals surface area contributed by atoms with Crippen LogP contribution < -0.4 is 22.5 Å². The fourth-order valence-corrected chi connectivity index (χ4v) is 9.47. The first-order valence-electron chi connectivity index (χ1n) is 22.1. The Morgan fingerprint density at radius 2 is 1.53 bits per heavy atom. The zero-order valence-electron chi connectivity index (χ0n) is 34.2. The maximum atomic E-state index is 13.4. The lowest BCUT2D eigenvalue weighted by Crippen LogP contribution is -2.63. The van der Waals surface area contributed by atoms with E-state index in [0.29, 0.717) is 49.8 Å². The molecule has 3 saturated heterocycles. The highest BCUT2D eigenvalue weighted by molar-refractivity contribution is 5.95. The lowest BCUT2D eigenvalue weighted by molar-refractivity contribution is -0.151. The number of nitrogens with zero attached hydrogens (tertiary/aromatic N) is 5. The summed E-state index contributed by atoms with van der Waals surface area (Å²) in [6, 6.07) is 0.876. The number of carbonyl (C=O) groups is 2. The Morgan fingerprint density at radius 1 is 0.855 bits per heavy atom. The van der Waals surface area contributed by atoms with Crippen molar-refractivity contribution in [3.05, 3.63) is 11.3 Å². The molecule has 13 nitrogen and oxygen atoms in total. The predicted molar refractivity (Wildman–Crippen MR) is 220 cm³/mol. The molecule has 5 rings (SSSR count). The third-order valence-corrected chi connectivity index (χ3v) is 12.4. The molecule has 7 N–H and O–H groups in total. The van der Waals surface area contributed by atoms with Gasteiger partial charge in [0.25, 0.3) is 0 Å². The van der Waals surface area contributed by atoms with Crippen LogP contribution >= 0.6 is 0 Å². The van der Waals surface area contributed by atoms with Crippen LogP contribution in [0, 0.1) is 5.92 Å². The van der Waals surface area contributed by atoms with Gasteiger partial charge in [-0.15, -0.1) is 0 Å². The van der Waals surface area contributed by atoms with Crippen LogP contribution in [-0.4, -0.2) is 96.1 Å². The number of nitrogens with two attached hydrogens (primary N) is 3. The monoisotopic (exact) mass is 768 g/mol. The highest BCUT2D eigenvalue weighted by Crippen LogP contribution is 2.40. The summed E-state index contributed by atoms with van der Waals surface area (Å²) in [5.41, 5.74) is 18.8. The van der Waals surface area contributed by atoms with Gasteiger partial charge in [0.05, 0.1) is 36.8 Å². The van der Waals surface area contributed by atoms with E-state index in [1.165, 1.54) is 51.4 Å². The average molecular weight is 768 g/mol. The summed E-state index contributed by atoms with van der Waals surface area (Å²) in [4.78, 5) is 44.8. The molecule has 4 unspecified atom stereocenters. The van der Waals surface area contributed by atoms with Crippen molar-refractivity contribution >= 4 is 29.8 Å². The summed E-state index contributed by atoms with van der Waals surface area (Å²) in [6.07, 6.45) is 25.3. The second-order valence-electron chi connectivity index (χ2n) is 16.6. The van der Waals surface area contributed by atoms with E-state index >= 15 is 0 Å². The van der Waals surface area contributed by atoms with Crippen molar-refractivity contribution < 1.29 is 19.1 Å². The molecule has 0 aromatic carbocycles. The summed E-state index contributed by atoms with van der Waals surface area (Å²) in [5.74, 6) is 1.09. The Labute approximate surface area is 330 Å². The molecular weight excluding hydrogens is 695 g/mol. The van der Waals surface area contributed by atoms with Gasteiger partial charge in [0.2, 0.25) is 0 Å². The first kappa shape index (κ1) is 42.6. The Balaban J connectivity index is 0.945. The molecule has 5 aliphatic rings. The minimum absolute atomic E-state index is 0.0639. The van der Waals surface area contributed by atoms with E-state index in [9.17, 15) is 9.59 Å². The molecular formula is C42H73N9O4. The normalized spacial score (nSPS) is 25.5. The van der Waals surface area contributed by atoms with E-state index in [2.05, 4.69) is 29.1 Å². The van der Waals surface area contributed by atoms with Crippen molar-refractivity contribution in [1.29, 1.82) is 0 Å². The van der Waals surface area contributed by atoms with Crippen LogP contribution in [0.1, 0.15) is 162 Å². The van der Waals surface area contributed by atoms with Crippen LogP contribution in [0.2, 0.25) is 0 Å². The van der Waals surface area contributed by atoms with Gasteiger partial charge in [-0.25, -0.2) is 14.8 Å².